The van der Waals surface area contributed by atoms with Gasteiger partial charge in [0, 0.05) is 38.7 Å². The maximum Gasteiger partial charge on any atom is 0.246 e. The molecule has 1 aromatic carbocycles. The Hall–Kier alpha value is -2.14. The van der Waals surface area contributed by atoms with Gasteiger partial charge in [0.25, 0.3) is 0 Å². The molecule has 0 aromatic heterocycles. The summed E-state index contributed by atoms with van der Waals surface area (Å²) < 4.78 is 0. The van der Waals surface area contributed by atoms with Gasteiger partial charge in [0.1, 0.15) is 0 Å². The molecule has 5 heteroatoms. The van der Waals surface area contributed by atoms with Gasteiger partial charge in [-0.05, 0) is 37.8 Å². The summed E-state index contributed by atoms with van der Waals surface area (Å²) in [5.41, 5.74) is 1.00. The summed E-state index contributed by atoms with van der Waals surface area (Å²) in [5, 5.41) is 9.33. The van der Waals surface area contributed by atoms with Crippen LogP contribution in [0, 0.1) is 5.92 Å². The molecule has 2 rings (SSSR count). The van der Waals surface area contributed by atoms with Gasteiger partial charge in [0.2, 0.25) is 11.8 Å². The molecule has 0 saturated carbocycles. The van der Waals surface area contributed by atoms with Crippen molar-refractivity contribution in [3.05, 3.63) is 42.0 Å². The monoisotopic (exact) mass is 344 g/mol. The Morgan fingerprint density at radius 2 is 1.92 bits per heavy atom. The maximum atomic E-state index is 12.4. The van der Waals surface area contributed by atoms with Crippen LogP contribution in [0.1, 0.15) is 31.7 Å². The van der Waals surface area contributed by atoms with Crippen molar-refractivity contribution in [3.63, 3.8) is 0 Å². The average Bonchev–Trinajstić information content (AvgIpc) is 2.64. The number of benzene rings is 1. The zero-order valence-electron chi connectivity index (χ0n) is 15.1. The number of carbonyl (C=O) groups is 2. The quantitative estimate of drug-likeness (QED) is 0.805. The zero-order chi connectivity index (χ0) is 18.2. The molecule has 0 radical (unpaired) electrons. The average molecular weight is 344 g/mol. The number of piperidine rings is 1. The van der Waals surface area contributed by atoms with Gasteiger partial charge in [-0.15, -0.1) is 0 Å². The van der Waals surface area contributed by atoms with Gasteiger partial charge in [-0.2, -0.15) is 0 Å². The van der Waals surface area contributed by atoms with Crippen molar-refractivity contribution in [1.82, 2.24) is 9.80 Å². The SMILES string of the molecule is CC(O)CCN(C)C(=O)C1CCN(C(=O)C=Cc2ccccc2)CC1. The largest absolute Gasteiger partial charge is 0.393 e. The summed E-state index contributed by atoms with van der Waals surface area (Å²) in [6.07, 6.45) is 5.01. The molecule has 1 aromatic rings. The number of nitrogens with zero attached hydrogens (tertiary/aromatic N) is 2. The number of aliphatic hydroxyl groups excluding tert-OH is 1. The molecule has 2 amide bonds. The smallest absolute Gasteiger partial charge is 0.246 e. The Labute approximate surface area is 149 Å². The molecular formula is C20H28N2O3. The highest BCUT2D eigenvalue weighted by Crippen LogP contribution is 2.20. The molecule has 5 nitrogen and oxygen atoms in total. The predicted octanol–water partition coefficient (Wildman–Crippen LogP) is 2.17. The number of hydrogen-bond donors (Lipinski definition) is 1. The summed E-state index contributed by atoms with van der Waals surface area (Å²) in [6.45, 7) is 3.51. The molecule has 0 aliphatic carbocycles. The van der Waals surface area contributed by atoms with E-state index >= 15 is 0 Å². The lowest BCUT2D eigenvalue weighted by atomic mass is 9.95. The van der Waals surface area contributed by atoms with E-state index in [0.29, 0.717) is 38.9 Å². The van der Waals surface area contributed by atoms with Gasteiger partial charge in [0.15, 0.2) is 0 Å². The van der Waals surface area contributed by atoms with Crippen LogP contribution in [-0.2, 0) is 9.59 Å². The molecule has 0 spiro atoms. The van der Waals surface area contributed by atoms with E-state index in [1.54, 1.807) is 29.8 Å². The van der Waals surface area contributed by atoms with E-state index in [2.05, 4.69) is 0 Å². The Morgan fingerprint density at radius 1 is 1.28 bits per heavy atom. The first-order valence-electron chi connectivity index (χ1n) is 8.92. The molecule has 1 aliphatic heterocycles. The third-order valence-corrected chi connectivity index (χ3v) is 4.63. The standard InChI is InChI=1S/C20H28N2O3/c1-16(23)10-13-21(2)20(25)18-11-14-22(15-12-18)19(24)9-8-17-6-4-3-5-7-17/h3-9,16,18,23H,10-15H2,1-2H3. The summed E-state index contributed by atoms with van der Waals surface area (Å²) in [4.78, 5) is 28.2. The fraction of sp³-hybridized carbons (Fsp3) is 0.500. The van der Waals surface area contributed by atoms with Crippen LogP contribution < -0.4 is 0 Å². The second-order valence-electron chi connectivity index (χ2n) is 6.74. The van der Waals surface area contributed by atoms with Crippen molar-refractivity contribution in [3.8, 4) is 0 Å². The topological polar surface area (TPSA) is 60.9 Å². The van der Waals surface area contributed by atoms with E-state index in [0.717, 1.165) is 5.56 Å². The second kappa shape index (κ2) is 9.37. The molecule has 1 heterocycles. The Kier molecular flexibility index (Phi) is 7.19. The van der Waals surface area contributed by atoms with Crippen molar-refractivity contribution in [1.29, 1.82) is 0 Å². The van der Waals surface area contributed by atoms with Crippen LogP contribution in [-0.4, -0.2) is 59.5 Å². The fourth-order valence-electron chi connectivity index (χ4n) is 2.99. The number of carbonyl (C=O) groups excluding carboxylic acids is 2. The minimum Gasteiger partial charge on any atom is -0.393 e. The van der Waals surface area contributed by atoms with Crippen molar-refractivity contribution in [2.24, 2.45) is 5.92 Å². The lowest BCUT2D eigenvalue weighted by molar-refractivity contribution is -0.138. The lowest BCUT2D eigenvalue weighted by Crippen LogP contribution is -2.43. The van der Waals surface area contributed by atoms with E-state index in [1.807, 2.05) is 36.4 Å². The van der Waals surface area contributed by atoms with Crippen LogP contribution in [0.5, 0.6) is 0 Å². The highest BCUT2D eigenvalue weighted by molar-refractivity contribution is 5.92. The maximum absolute atomic E-state index is 12.4. The molecule has 1 atom stereocenters. The zero-order valence-corrected chi connectivity index (χ0v) is 15.1. The van der Waals surface area contributed by atoms with Crippen LogP contribution in [0.2, 0.25) is 0 Å². The molecule has 1 unspecified atom stereocenters. The van der Waals surface area contributed by atoms with E-state index < -0.39 is 6.10 Å². The number of aliphatic hydroxyl groups is 1. The van der Waals surface area contributed by atoms with Crippen LogP contribution in [0.25, 0.3) is 6.08 Å². The summed E-state index contributed by atoms with van der Waals surface area (Å²) >= 11 is 0. The summed E-state index contributed by atoms with van der Waals surface area (Å²) in [6, 6.07) is 9.74. The number of likely N-dealkylation sites (tertiary alicyclic amines) is 1. The molecule has 0 bridgehead atoms. The van der Waals surface area contributed by atoms with Crippen molar-refractivity contribution < 1.29 is 14.7 Å². The van der Waals surface area contributed by atoms with E-state index in [9.17, 15) is 14.7 Å². The third kappa shape index (κ3) is 6.02. The molecule has 1 fully saturated rings. The minimum atomic E-state index is -0.397. The van der Waals surface area contributed by atoms with Gasteiger partial charge in [0.05, 0.1) is 6.10 Å². The fourth-order valence-corrected chi connectivity index (χ4v) is 2.99. The number of rotatable bonds is 6. The van der Waals surface area contributed by atoms with E-state index in [-0.39, 0.29) is 17.7 Å². The lowest BCUT2D eigenvalue weighted by Gasteiger charge is -2.32. The van der Waals surface area contributed by atoms with Gasteiger partial charge < -0.3 is 14.9 Å². The molecule has 25 heavy (non-hydrogen) atoms. The summed E-state index contributed by atoms with van der Waals surface area (Å²) in [7, 11) is 1.78. The van der Waals surface area contributed by atoms with Crippen molar-refractivity contribution >= 4 is 17.9 Å². The molecular weight excluding hydrogens is 316 g/mol. The first-order valence-corrected chi connectivity index (χ1v) is 8.92. The Balaban J connectivity index is 1.79. The van der Waals surface area contributed by atoms with E-state index in [1.165, 1.54) is 0 Å². The van der Waals surface area contributed by atoms with Crippen LogP contribution >= 0.6 is 0 Å². The first-order chi connectivity index (χ1) is 12.0. The summed E-state index contributed by atoms with van der Waals surface area (Å²) in [5.74, 6) is 0.0888. The van der Waals surface area contributed by atoms with Gasteiger partial charge in [-0.25, -0.2) is 0 Å². The van der Waals surface area contributed by atoms with Crippen molar-refractivity contribution in [2.75, 3.05) is 26.7 Å². The van der Waals surface area contributed by atoms with Crippen LogP contribution in [0.4, 0.5) is 0 Å². The van der Waals surface area contributed by atoms with Crippen LogP contribution in [0.15, 0.2) is 36.4 Å². The van der Waals surface area contributed by atoms with Gasteiger partial charge in [-0.1, -0.05) is 30.3 Å². The third-order valence-electron chi connectivity index (χ3n) is 4.63. The molecule has 1 saturated heterocycles. The highest BCUT2D eigenvalue weighted by atomic mass is 16.3. The van der Waals surface area contributed by atoms with Crippen molar-refractivity contribution in [2.45, 2.75) is 32.3 Å². The molecule has 1 aliphatic rings. The van der Waals surface area contributed by atoms with Gasteiger partial charge >= 0.3 is 0 Å². The Morgan fingerprint density at radius 3 is 2.52 bits per heavy atom. The number of amides is 2. The van der Waals surface area contributed by atoms with E-state index in [4.69, 9.17) is 0 Å². The van der Waals surface area contributed by atoms with Gasteiger partial charge in [-0.3, -0.25) is 9.59 Å². The second-order valence-corrected chi connectivity index (χ2v) is 6.74. The number of hydrogen-bond acceptors (Lipinski definition) is 3. The normalized spacial score (nSPS) is 16.8. The highest BCUT2D eigenvalue weighted by Gasteiger charge is 2.28. The minimum absolute atomic E-state index is 0.00258. The Bertz CT molecular complexity index is 590. The van der Waals surface area contributed by atoms with Crippen LogP contribution in [0.3, 0.4) is 0 Å². The predicted molar refractivity (Wildman–Crippen MR) is 98.7 cm³/mol. The molecule has 1 N–H and O–H groups in total. The molecule has 136 valence electrons. The first kappa shape index (κ1) is 19.2.